The van der Waals surface area contributed by atoms with Crippen molar-refractivity contribution in [1.29, 1.82) is 0 Å². The molecule has 0 radical (unpaired) electrons. The van der Waals surface area contributed by atoms with Crippen molar-refractivity contribution in [3.8, 4) is 11.4 Å². The molecule has 0 spiro atoms. The Morgan fingerprint density at radius 1 is 1.10 bits per heavy atom. The molecule has 13 heteroatoms. The van der Waals surface area contributed by atoms with Gasteiger partial charge >= 0.3 is 11.7 Å². The van der Waals surface area contributed by atoms with Gasteiger partial charge in [0.1, 0.15) is 11.6 Å². The van der Waals surface area contributed by atoms with Crippen LogP contribution in [-0.4, -0.2) is 94.1 Å². The number of hydrogen-bond acceptors (Lipinski definition) is 8. The molecule has 1 aliphatic heterocycles. The minimum Gasteiger partial charge on any atom is -0.496 e. The number of amides is 3. The van der Waals surface area contributed by atoms with Crippen LogP contribution in [0.3, 0.4) is 0 Å². The second-order valence-electron chi connectivity index (χ2n) is 11.4. The number of rotatable bonds is 7. The number of carbonyl (C=O) groups excluding carboxylic acids is 2. The van der Waals surface area contributed by atoms with Crippen molar-refractivity contribution in [1.82, 2.24) is 24.3 Å². The molecule has 0 bridgehead atoms. The second kappa shape index (κ2) is 13.6. The number of nitrogens with zero attached hydrogens (tertiary/aromatic N) is 5. The van der Waals surface area contributed by atoms with Gasteiger partial charge < -0.3 is 26.0 Å². The van der Waals surface area contributed by atoms with Gasteiger partial charge in [0, 0.05) is 62.6 Å². The average molecular weight is 591 g/mol. The van der Waals surface area contributed by atoms with E-state index in [0.29, 0.717) is 49.7 Å². The minimum absolute atomic E-state index is 0. The molecule has 2 heterocycles. The number of halogens is 1. The van der Waals surface area contributed by atoms with Gasteiger partial charge in [-0.3, -0.25) is 19.6 Å². The van der Waals surface area contributed by atoms with E-state index in [4.69, 9.17) is 16.2 Å². The molecular formula is C28H43ClN8O4. The van der Waals surface area contributed by atoms with Gasteiger partial charge in [-0.1, -0.05) is 6.07 Å². The largest absolute Gasteiger partial charge is 0.496 e. The second-order valence-corrected chi connectivity index (χ2v) is 11.4. The lowest BCUT2D eigenvalue weighted by molar-refractivity contribution is -0.137. The molecule has 2 aliphatic rings. The third kappa shape index (κ3) is 7.97. The molecule has 5 N–H and O–H groups in total. The van der Waals surface area contributed by atoms with Crippen LogP contribution >= 0.6 is 12.4 Å². The zero-order chi connectivity index (χ0) is 29.0. The summed E-state index contributed by atoms with van der Waals surface area (Å²) >= 11 is 0. The maximum Gasteiger partial charge on any atom is 0.354 e. The van der Waals surface area contributed by atoms with Gasteiger partial charge in [0.15, 0.2) is 0 Å². The highest BCUT2D eigenvalue weighted by Crippen LogP contribution is 2.27. The van der Waals surface area contributed by atoms with E-state index in [1.54, 1.807) is 43.0 Å². The van der Waals surface area contributed by atoms with Crippen molar-refractivity contribution >= 4 is 30.2 Å². The standard InChI is InChI=1S/C28H42N8O4.ClH/c1-28(2,30)25(37)34-13-15-35(16-14-34)26(38)31-24-11-12-36(27(39)32-24)22-8-5-19(23(17-22)40-4)18-33(3)21-9-6-20(29)7-10-21;/h5,8,11-12,17,20-21H,6-7,9-10,13-16,18,29-30H2,1-4H3,(H,31,32,38,39);1H. The zero-order valence-electron chi connectivity index (χ0n) is 24.3. The van der Waals surface area contributed by atoms with Crippen LogP contribution in [0, 0.1) is 0 Å². The summed E-state index contributed by atoms with van der Waals surface area (Å²) < 4.78 is 7.07. The summed E-state index contributed by atoms with van der Waals surface area (Å²) in [7, 11) is 3.74. The molecule has 1 saturated carbocycles. The van der Waals surface area contributed by atoms with E-state index < -0.39 is 11.2 Å². The first kappa shape index (κ1) is 32.3. The van der Waals surface area contributed by atoms with E-state index in [-0.39, 0.29) is 30.2 Å². The third-order valence-electron chi connectivity index (χ3n) is 7.78. The molecule has 2 fully saturated rings. The van der Waals surface area contributed by atoms with Gasteiger partial charge in [0.25, 0.3) is 0 Å². The maximum absolute atomic E-state index is 12.9. The lowest BCUT2D eigenvalue weighted by atomic mass is 9.91. The Balaban J connectivity index is 0.00000462. The summed E-state index contributed by atoms with van der Waals surface area (Å²) in [6.45, 7) is 5.57. The van der Waals surface area contributed by atoms with Crippen LogP contribution in [-0.2, 0) is 11.3 Å². The fraction of sp³-hybridized carbons (Fsp3) is 0.571. The third-order valence-corrected chi connectivity index (χ3v) is 7.78. The van der Waals surface area contributed by atoms with Gasteiger partial charge in [-0.05, 0) is 58.7 Å². The SMILES string of the molecule is COc1cc(-n2ccc(NC(=O)N3CCN(C(=O)C(C)(C)N)CC3)nc2=O)ccc1CN(C)C1CCC(N)CC1.Cl. The highest BCUT2D eigenvalue weighted by molar-refractivity contribution is 5.89. The Morgan fingerprint density at radius 2 is 1.73 bits per heavy atom. The molecule has 0 unspecified atom stereocenters. The number of benzene rings is 1. The number of hydrogen-bond donors (Lipinski definition) is 3. The summed E-state index contributed by atoms with van der Waals surface area (Å²) in [6.07, 6.45) is 5.84. The van der Waals surface area contributed by atoms with Crippen LogP contribution in [0.5, 0.6) is 5.75 Å². The Labute approximate surface area is 247 Å². The van der Waals surface area contributed by atoms with E-state index in [0.717, 1.165) is 37.8 Å². The molecule has 2 aromatic rings. The fourth-order valence-electron chi connectivity index (χ4n) is 5.33. The zero-order valence-corrected chi connectivity index (χ0v) is 25.2. The number of nitrogens with one attached hydrogen (secondary N) is 1. The Bertz CT molecular complexity index is 1260. The van der Waals surface area contributed by atoms with Crippen LogP contribution < -0.4 is 27.2 Å². The van der Waals surface area contributed by atoms with E-state index in [2.05, 4.69) is 22.2 Å². The first-order valence-electron chi connectivity index (χ1n) is 13.8. The molecular weight excluding hydrogens is 548 g/mol. The quantitative estimate of drug-likeness (QED) is 0.441. The molecule has 226 valence electrons. The number of piperazine rings is 1. The van der Waals surface area contributed by atoms with Gasteiger partial charge in [-0.25, -0.2) is 9.59 Å². The number of nitrogens with two attached hydrogens (primary N) is 2. The molecule has 12 nitrogen and oxygen atoms in total. The first-order chi connectivity index (χ1) is 19.0. The van der Waals surface area contributed by atoms with Crippen molar-refractivity contribution in [2.75, 3.05) is 45.7 Å². The van der Waals surface area contributed by atoms with Crippen LogP contribution in [0.15, 0.2) is 35.3 Å². The number of ether oxygens (including phenoxy) is 1. The number of anilines is 1. The molecule has 0 atom stereocenters. The summed E-state index contributed by atoms with van der Waals surface area (Å²) in [6, 6.07) is 7.66. The molecule has 1 aromatic carbocycles. The number of methoxy groups -OCH3 is 1. The van der Waals surface area contributed by atoms with E-state index in [1.165, 1.54) is 4.57 Å². The molecule has 1 aliphatic carbocycles. The molecule has 41 heavy (non-hydrogen) atoms. The number of urea groups is 1. The number of carbonyl (C=O) groups is 2. The predicted molar refractivity (Wildman–Crippen MR) is 161 cm³/mol. The summed E-state index contributed by atoms with van der Waals surface area (Å²) in [4.78, 5) is 47.7. The summed E-state index contributed by atoms with van der Waals surface area (Å²) in [5.74, 6) is 0.700. The highest BCUT2D eigenvalue weighted by Gasteiger charge is 2.31. The van der Waals surface area contributed by atoms with Crippen molar-refractivity contribution in [2.45, 2.75) is 63.7 Å². The fourth-order valence-corrected chi connectivity index (χ4v) is 5.33. The van der Waals surface area contributed by atoms with Gasteiger partial charge in [-0.2, -0.15) is 4.98 Å². The maximum atomic E-state index is 12.9. The summed E-state index contributed by atoms with van der Waals surface area (Å²) in [5, 5.41) is 2.69. The average Bonchev–Trinajstić information content (AvgIpc) is 2.93. The molecule has 1 saturated heterocycles. The van der Waals surface area contributed by atoms with Crippen molar-refractivity contribution < 1.29 is 14.3 Å². The lowest BCUT2D eigenvalue weighted by Gasteiger charge is -2.37. The minimum atomic E-state index is -0.955. The van der Waals surface area contributed by atoms with Gasteiger partial charge in [-0.15, -0.1) is 12.4 Å². The van der Waals surface area contributed by atoms with Crippen molar-refractivity contribution in [3.63, 3.8) is 0 Å². The van der Waals surface area contributed by atoms with Crippen LogP contribution in [0.1, 0.15) is 45.1 Å². The highest BCUT2D eigenvalue weighted by atomic mass is 35.5. The number of aromatic nitrogens is 2. The predicted octanol–water partition coefficient (Wildman–Crippen LogP) is 1.78. The Kier molecular flexibility index (Phi) is 10.8. The van der Waals surface area contributed by atoms with Crippen molar-refractivity contribution in [2.24, 2.45) is 11.5 Å². The molecule has 1 aromatic heterocycles. The smallest absolute Gasteiger partial charge is 0.354 e. The Morgan fingerprint density at radius 3 is 2.32 bits per heavy atom. The Hall–Kier alpha value is -3.19. The lowest BCUT2D eigenvalue weighted by Crippen LogP contribution is -2.58. The van der Waals surface area contributed by atoms with E-state index >= 15 is 0 Å². The first-order valence-corrected chi connectivity index (χ1v) is 13.8. The normalized spacial score (nSPS) is 19.5. The van der Waals surface area contributed by atoms with E-state index in [9.17, 15) is 14.4 Å². The topological polar surface area (TPSA) is 152 Å². The molecule has 3 amide bonds. The van der Waals surface area contributed by atoms with Crippen LogP contribution in [0.2, 0.25) is 0 Å². The van der Waals surface area contributed by atoms with Crippen molar-refractivity contribution in [3.05, 3.63) is 46.5 Å². The van der Waals surface area contributed by atoms with Gasteiger partial charge in [0.05, 0.1) is 18.3 Å². The molecule has 4 rings (SSSR count). The summed E-state index contributed by atoms with van der Waals surface area (Å²) in [5.41, 5.74) is 12.1. The van der Waals surface area contributed by atoms with Crippen LogP contribution in [0.25, 0.3) is 5.69 Å². The van der Waals surface area contributed by atoms with E-state index in [1.807, 2.05) is 18.2 Å². The monoisotopic (exact) mass is 590 g/mol. The van der Waals surface area contributed by atoms with Crippen LogP contribution in [0.4, 0.5) is 10.6 Å². The van der Waals surface area contributed by atoms with Gasteiger partial charge in [0.2, 0.25) is 5.91 Å².